The molecular weight excluding hydrogens is 212 g/mol. The van der Waals surface area contributed by atoms with Gasteiger partial charge in [-0.25, -0.2) is 0 Å². The molecule has 0 spiro atoms. The molecule has 1 rings (SSSR count). The van der Waals surface area contributed by atoms with Crippen molar-refractivity contribution in [2.24, 2.45) is 0 Å². The van der Waals surface area contributed by atoms with Crippen LogP contribution in [0.25, 0.3) is 0 Å². The van der Waals surface area contributed by atoms with Gasteiger partial charge in [-0.1, -0.05) is 27.2 Å². The van der Waals surface area contributed by atoms with Gasteiger partial charge in [-0.2, -0.15) is 0 Å². The van der Waals surface area contributed by atoms with Gasteiger partial charge in [0.2, 0.25) is 0 Å². The van der Waals surface area contributed by atoms with Gasteiger partial charge in [0.05, 0.1) is 13.2 Å². The molecule has 1 aliphatic rings. The Bertz CT molecular complexity index is 187. The van der Waals surface area contributed by atoms with Gasteiger partial charge in [0.15, 0.2) is 0 Å². The first kappa shape index (κ1) is 14.9. The van der Waals surface area contributed by atoms with Gasteiger partial charge in [0, 0.05) is 25.2 Å². The number of nitrogens with zero attached hydrogens (tertiary/aromatic N) is 1. The Morgan fingerprint density at radius 3 is 2.76 bits per heavy atom. The molecule has 0 bridgehead atoms. The Balaban J connectivity index is 2.47. The van der Waals surface area contributed by atoms with Crippen molar-refractivity contribution in [1.29, 1.82) is 0 Å². The van der Waals surface area contributed by atoms with Crippen molar-refractivity contribution in [3.63, 3.8) is 0 Å². The standard InChI is InChI=1S/C14H30N2O/c1-4-7-14(11-15-8-5-2)16-9-10-17-12-13(16)6-3/h13-15H,4-12H2,1-3H3. The number of ether oxygens (including phenoxy) is 1. The van der Waals surface area contributed by atoms with Crippen LogP contribution in [0.3, 0.4) is 0 Å². The highest BCUT2D eigenvalue weighted by molar-refractivity contribution is 4.82. The van der Waals surface area contributed by atoms with E-state index in [9.17, 15) is 0 Å². The fraction of sp³-hybridized carbons (Fsp3) is 1.00. The van der Waals surface area contributed by atoms with E-state index < -0.39 is 0 Å². The van der Waals surface area contributed by atoms with Gasteiger partial charge < -0.3 is 10.1 Å². The molecule has 0 aromatic heterocycles. The summed E-state index contributed by atoms with van der Waals surface area (Å²) in [6, 6.07) is 1.32. The van der Waals surface area contributed by atoms with E-state index in [1.807, 2.05) is 0 Å². The van der Waals surface area contributed by atoms with Gasteiger partial charge in [-0.3, -0.25) is 4.90 Å². The number of nitrogens with one attached hydrogen (secondary N) is 1. The molecule has 1 aliphatic heterocycles. The van der Waals surface area contributed by atoms with Crippen LogP contribution < -0.4 is 5.32 Å². The van der Waals surface area contributed by atoms with E-state index in [4.69, 9.17) is 4.74 Å². The predicted molar refractivity (Wildman–Crippen MR) is 73.5 cm³/mol. The van der Waals surface area contributed by atoms with Crippen molar-refractivity contribution >= 4 is 0 Å². The van der Waals surface area contributed by atoms with Crippen LogP contribution in [0.4, 0.5) is 0 Å². The highest BCUT2D eigenvalue weighted by Crippen LogP contribution is 2.17. The Morgan fingerprint density at radius 2 is 2.12 bits per heavy atom. The third-order valence-corrected chi connectivity index (χ3v) is 3.64. The van der Waals surface area contributed by atoms with Crippen LogP contribution in [0, 0.1) is 0 Å². The smallest absolute Gasteiger partial charge is 0.0622 e. The minimum Gasteiger partial charge on any atom is -0.378 e. The molecule has 1 saturated heterocycles. The van der Waals surface area contributed by atoms with Crippen molar-refractivity contribution in [1.82, 2.24) is 10.2 Å². The molecule has 0 aromatic carbocycles. The molecule has 1 heterocycles. The first-order valence-electron chi connectivity index (χ1n) is 7.37. The summed E-state index contributed by atoms with van der Waals surface area (Å²) in [5.41, 5.74) is 0. The average molecular weight is 242 g/mol. The molecule has 2 unspecified atom stereocenters. The molecule has 0 aromatic rings. The molecular formula is C14H30N2O. The lowest BCUT2D eigenvalue weighted by molar-refractivity contribution is -0.0314. The van der Waals surface area contributed by atoms with Crippen LogP contribution in [0.5, 0.6) is 0 Å². The monoisotopic (exact) mass is 242 g/mol. The molecule has 1 fully saturated rings. The summed E-state index contributed by atoms with van der Waals surface area (Å²) < 4.78 is 5.60. The second kappa shape index (κ2) is 8.90. The number of hydrogen-bond acceptors (Lipinski definition) is 3. The number of morpholine rings is 1. The van der Waals surface area contributed by atoms with Gasteiger partial charge in [-0.15, -0.1) is 0 Å². The summed E-state index contributed by atoms with van der Waals surface area (Å²) in [5, 5.41) is 3.58. The summed E-state index contributed by atoms with van der Waals surface area (Å²) in [6.45, 7) is 12.0. The molecule has 3 heteroatoms. The fourth-order valence-electron chi connectivity index (χ4n) is 2.66. The second-order valence-electron chi connectivity index (χ2n) is 5.02. The second-order valence-corrected chi connectivity index (χ2v) is 5.02. The van der Waals surface area contributed by atoms with E-state index in [1.165, 1.54) is 25.7 Å². The van der Waals surface area contributed by atoms with Crippen molar-refractivity contribution < 1.29 is 4.74 Å². The van der Waals surface area contributed by atoms with Crippen molar-refractivity contribution in [2.75, 3.05) is 32.8 Å². The summed E-state index contributed by atoms with van der Waals surface area (Å²) >= 11 is 0. The van der Waals surface area contributed by atoms with Crippen LogP contribution in [0.1, 0.15) is 46.5 Å². The zero-order valence-corrected chi connectivity index (χ0v) is 11.9. The molecule has 3 nitrogen and oxygen atoms in total. The van der Waals surface area contributed by atoms with E-state index in [0.29, 0.717) is 12.1 Å². The molecule has 0 saturated carbocycles. The van der Waals surface area contributed by atoms with Crippen molar-refractivity contribution in [3.8, 4) is 0 Å². The van der Waals surface area contributed by atoms with Crippen LogP contribution in [-0.2, 0) is 4.74 Å². The van der Waals surface area contributed by atoms with Gasteiger partial charge in [0.1, 0.15) is 0 Å². The SMILES string of the molecule is CCCNCC(CCC)N1CCOCC1CC. The van der Waals surface area contributed by atoms with Crippen molar-refractivity contribution in [2.45, 2.75) is 58.5 Å². The molecule has 102 valence electrons. The Kier molecular flexibility index (Phi) is 7.82. The van der Waals surface area contributed by atoms with E-state index in [1.54, 1.807) is 0 Å². The normalized spacial score (nSPS) is 23.8. The molecule has 0 amide bonds. The predicted octanol–water partition coefficient (Wildman–Crippen LogP) is 2.27. The highest BCUT2D eigenvalue weighted by atomic mass is 16.5. The Hall–Kier alpha value is -0.120. The minimum absolute atomic E-state index is 0.628. The van der Waals surface area contributed by atoms with Crippen LogP contribution in [0.15, 0.2) is 0 Å². The molecule has 17 heavy (non-hydrogen) atoms. The van der Waals surface area contributed by atoms with Crippen LogP contribution in [-0.4, -0.2) is 49.8 Å². The summed E-state index contributed by atoms with van der Waals surface area (Å²) in [5.74, 6) is 0. The number of hydrogen-bond donors (Lipinski definition) is 1. The van der Waals surface area contributed by atoms with E-state index in [-0.39, 0.29) is 0 Å². The zero-order chi connectivity index (χ0) is 12.5. The third kappa shape index (κ3) is 4.94. The van der Waals surface area contributed by atoms with Crippen molar-refractivity contribution in [3.05, 3.63) is 0 Å². The maximum absolute atomic E-state index is 5.60. The van der Waals surface area contributed by atoms with E-state index in [2.05, 4.69) is 31.0 Å². The summed E-state index contributed by atoms with van der Waals surface area (Å²) in [6.07, 6.45) is 4.99. The van der Waals surface area contributed by atoms with Gasteiger partial charge >= 0.3 is 0 Å². The Morgan fingerprint density at radius 1 is 1.29 bits per heavy atom. The summed E-state index contributed by atoms with van der Waals surface area (Å²) in [4.78, 5) is 2.68. The quantitative estimate of drug-likeness (QED) is 0.661. The average Bonchev–Trinajstić information content (AvgIpc) is 2.38. The molecule has 0 aliphatic carbocycles. The van der Waals surface area contributed by atoms with Crippen LogP contribution in [0.2, 0.25) is 0 Å². The molecule has 0 radical (unpaired) electrons. The lowest BCUT2D eigenvalue weighted by Gasteiger charge is -2.41. The molecule has 2 atom stereocenters. The van der Waals surface area contributed by atoms with Crippen LogP contribution >= 0.6 is 0 Å². The van der Waals surface area contributed by atoms with Gasteiger partial charge in [-0.05, 0) is 25.8 Å². The third-order valence-electron chi connectivity index (χ3n) is 3.64. The van der Waals surface area contributed by atoms with E-state index in [0.717, 1.165) is 32.8 Å². The minimum atomic E-state index is 0.628. The maximum atomic E-state index is 5.60. The van der Waals surface area contributed by atoms with E-state index >= 15 is 0 Å². The largest absolute Gasteiger partial charge is 0.378 e. The zero-order valence-electron chi connectivity index (χ0n) is 11.9. The maximum Gasteiger partial charge on any atom is 0.0622 e. The molecule has 1 N–H and O–H groups in total. The Labute approximate surface area is 107 Å². The lowest BCUT2D eigenvalue weighted by atomic mass is 10.0. The van der Waals surface area contributed by atoms with Gasteiger partial charge in [0.25, 0.3) is 0 Å². The first-order chi connectivity index (χ1) is 8.33. The fourth-order valence-corrected chi connectivity index (χ4v) is 2.66. The lowest BCUT2D eigenvalue weighted by Crippen LogP contribution is -2.53. The topological polar surface area (TPSA) is 24.5 Å². The first-order valence-corrected chi connectivity index (χ1v) is 7.37. The summed E-state index contributed by atoms with van der Waals surface area (Å²) in [7, 11) is 0. The highest BCUT2D eigenvalue weighted by Gasteiger charge is 2.27. The number of rotatable bonds is 8.